The van der Waals surface area contributed by atoms with Crippen LogP contribution in [-0.4, -0.2) is 68.9 Å². The van der Waals surface area contributed by atoms with Gasteiger partial charge in [0.1, 0.15) is 36.3 Å². The van der Waals surface area contributed by atoms with Gasteiger partial charge in [-0.05, 0) is 82.3 Å². The zero-order valence-corrected chi connectivity index (χ0v) is 25.2. The van der Waals surface area contributed by atoms with Gasteiger partial charge in [0.15, 0.2) is 11.9 Å². The van der Waals surface area contributed by atoms with Crippen molar-refractivity contribution in [3.05, 3.63) is 24.2 Å². The van der Waals surface area contributed by atoms with Gasteiger partial charge in [-0.15, -0.1) is 0 Å². The minimum Gasteiger partial charge on any atom is -0.463 e. The molecule has 3 aliphatic rings. The molecule has 16 heteroatoms. The monoisotopic (exact) mass is 664 g/mol. The number of hydrogen-bond acceptors (Lipinski definition) is 9. The third-order valence-corrected chi connectivity index (χ3v) is 9.83. The van der Waals surface area contributed by atoms with Gasteiger partial charge in [-0.2, -0.15) is 31.4 Å². The molecule has 2 aromatic rings. The average Bonchev–Trinajstić information content (AvgIpc) is 3.53. The van der Waals surface area contributed by atoms with Crippen LogP contribution in [0.2, 0.25) is 0 Å². The van der Waals surface area contributed by atoms with Crippen LogP contribution < -0.4 is 5.73 Å². The first-order chi connectivity index (χ1) is 21.6. The number of hydrogen-bond donors (Lipinski definition) is 2. The van der Waals surface area contributed by atoms with Crippen LogP contribution in [-0.2, 0) is 29.4 Å². The van der Waals surface area contributed by atoms with Crippen molar-refractivity contribution in [2.24, 2.45) is 23.7 Å². The van der Waals surface area contributed by atoms with Gasteiger partial charge in [-0.3, -0.25) is 9.59 Å². The lowest BCUT2D eigenvalue weighted by Crippen LogP contribution is -2.42. The van der Waals surface area contributed by atoms with Crippen molar-refractivity contribution in [1.82, 2.24) is 14.6 Å². The minimum atomic E-state index is -4.28. The van der Waals surface area contributed by atoms with Crippen molar-refractivity contribution in [2.45, 2.75) is 107 Å². The molecule has 0 radical (unpaired) electrons. The standard InChI is InChI=1S/C30H38F6N4O6/c1-28(22-11-10-20-27(37)38-15-39-40(20)22)26(43)25(45-24(42)13-17-4-8-19(9-5-17)30(34,35)36)21(46-28)14-44-23(41)12-16-2-6-18(7-3-16)29(31,32)33/h10-11,15-19,21,25-26,43H,2-9,12-14H2,1H3,(H2,37,38,39)/t16?,17?,18?,19?,21-,25-,26-,28+/m1/s1. The molecule has 0 bridgehead atoms. The molecule has 0 spiro atoms. The maximum Gasteiger partial charge on any atom is 0.391 e. The Balaban J connectivity index is 1.26. The van der Waals surface area contributed by atoms with E-state index >= 15 is 0 Å². The first kappa shape index (κ1) is 34.2. The highest BCUT2D eigenvalue weighted by Gasteiger charge is 2.56. The first-order valence-corrected chi connectivity index (χ1v) is 15.5. The van der Waals surface area contributed by atoms with Crippen molar-refractivity contribution in [1.29, 1.82) is 0 Å². The van der Waals surface area contributed by atoms with Gasteiger partial charge in [0, 0.05) is 12.8 Å². The lowest BCUT2D eigenvalue weighted by Gasteiger charge is -2.30. The number of ether oxygens (including phenoxy) is 3. The average molecular weight is 665 g/mol. The number of carbonyl (C=O) groups is 2. The molecule has 2 aliphatic carbocycles. The van der Waals surface area contributed by atoms with Gasteiger partial charge in [-0.25, -0.2) is 9.50 Å². The van der Waals surface area contributed by atoms with Gasteiger partial charge in [0.05, 0.1) is 17.5 Å². The number of aliphatic hydroxyl groups excluding tert-OH is 1. The number of halogens is 6. The van der Waals surface area contributed by atoms with Crippen molar-refractivity contribution in [3.8, 4) is 0 Å². The zero-order chi connectivity index (χ0) is 33.4. The maximum atomic E-state index is 13.1. The van der Waals surface area contributed by atoms with Gasteiger partial charge >= 0.3 is 24.3 Å². The summed E-state index contributed by atoms with van der Waals surface area (Å²) in [5.41, 5.74) is 5.17. The van der Waals surface area contributed by atoms with E-state index in [0.29, 0.717) is 11.2 Å². The molecular weight excluding hydrogens is 626 g/mol. The number of nitrogen functional groups attached to an aromatic ring is 1. The predicted octanol–water partition coefficient (Wildman–Crippen LogP) is 5.26. The minimum absolute atomic E-state index is 0.0625. The molecule has 2 saturated carbocycles. The summed E-state index contributed by atoms with van der Waals surface area (Å²) >= 11 is 0. The van der Waals surface area contributed by atoms with Gasteiger partial charge in [0.25, 0.3) is 0 Å². The van der Waals surface area contributed by atoms with E-state index in [1.165, 1.54) is 17.8 Å². The molecule has 46 heavy (non-hydrogen) atoms. The second-order valence-corrected chi connectivity index (χ2v) is 12.9. The van der Waals surface area contributed by atoms with Crippen LogP contribution in [0.5, 0.6) is 0 Å². The highest BCUT2D eigenvalue weighted by molar-refractivity contribution is 5.71. The Bertz CT molecular complexity index is 1390. The Labute approximate surface area is 260 Å². The molecule has 4 atom stereocenters. The Morgan fingerprint density at radius 3 is 2.04 bits per heavy atom. The fraction of sp³-hybridized carbons (Fsp3) is 0.733. The van der Waals surface area contributed by atoms with Crippen LogP contribution in [0.4, 0.5) is 32.2 Å². The first-order valence-electron chi connectivity index (χ1n) is 15.5. The molecule has 1 saturated heterocycles. The SMILES string of the molecule is C[C@@]1(c2ccc3c(N)ncnn23)O[C@H](COC(=O)CC2CCC(C(F)(F)F)CC2)[C@@H](OC(=O)CC2CCC(C(F)(F)F)CC2)[C@H]1O. The largest absolute Gasteiger partial charge is 0.463 e. The molecule has 10 nitrogen and oxygen atoms in total. The molecule has 5 rings (SSSR count). The summed E-state index contributed by atoms with van der Waals surface area (Å²) in [6.45, 7) is 1.11. The van der Waals surface area contributed by atoms with Gasteiger partial charge in [0.2, 0.25) is 0 Å². The summed E-state index contributed by atoms with van der Waals surface area (Å²) in [7, 11) is 0. The van der Waals surface area contributed by atoms with E-state index in [2.05, 4.69) is 10.1 Å². The number of nitrogens with two attached hydrogens (primary N) is 1. The van der Waals surface area contributed by atoms with Crippen LogP contribution in [0.15, 0.2) is 18.5 Å². The normalized spacial score (nSPS) is 32.4. The third-order valence-electron chi connectivity index (χ3n) is 9.83. The van der Waals surface area contributed by atoms with Crippen LogP contribution in [0.1, 0.15) is 76.8 Å². The van der Waals surface area contributed by atoms with Crippen molar-refractivity contribution >= 4 is 23.3 Å². The summed E-state index contributed by atoms with van der Waals surface area (Å²) in [6, 6.07) is 3.22. The number of aliphatic hydroxyl groups is 1. The number of anilines is 1. The topological polar surface area (TPSA) is 138 Å². The van der Waals surface area contributed by atoms with Crippen LogP contribution >= 0.6 is 0 Å². The Kier molecular flexibility index (Phi) is 9.79. The zero-order valence-electron chi connectivity index (χ0n) is 25.2. The maximum absolute atomic E-state index is 13.1. The van der Waals surface area contributed by atoms with Crippen molar-refractivity contribution < 1.29 is 55.2 Å². The fourth-order valence-corrected chi connectivity index (χ4v) is 7.07. The number of fused-ring (bicyclic) bond motifs is 1. The molecule has 256 valence electrons. The Morgan fingerprint density at radius 2 is 1.50 bits per heavy atom. The summed E-state index contributed by atoms with van der Waals surface area (Å²) in [5.74, 6) is -4.63. The van der Waals surface area contributed by atoms with Crippen molar-refractivity contribution in [3.63, 3.8) is 0 Å². The second-order valence-electron chi connectivity index (χ2n) is 12.9. The van der Waals surface area contributed by atoms with E-state index in [1.807, 2.05) is 0 Å². The van der Waals surface area contributed by atoms with E-state index in [0.717, 1.165) is 0 Å². The molecule has 3 heterocycles. The highest BCUT2D eigenvalue weighted by atomic mass is 19.4. The summed E-state index contributed by atoms with van der Waals surface area (Å²) < 4.78 is 97.1. The smallest absolute Gasteiger partial charge is 0.391 e. The number of alkyl halides is 6. The molecule has 0 aromatic carbocycles. The lowest BCUT2D eigenvalue weighted by atomic mass is 9.80. The highest BCUT2D eigenvalue weighted by Crippen LogP contribution is 2.44. The number of esters is 2. The molecule has 2 aromatic heterocycles. The number of rotatable bonds is 8. The third kappa shape index (κ3) is 7.37. The molecule has 3 N–H and O–H groups in total. The van der Waals surface area contributed by atoms with Gasteiger partial charge in [-0.1, -0.05) is 0 Å². The summed E-state index contributed by atoms with van der Waals surface area (Å²) in [4.78, 5) is 29.7. The van der Waals surface area contributed by atoms with Gasteiger partial charge < -0.3 is 25.1 Å². The van der Waals surface area contributed by atoms with E-state index in [4.69, 9.17) is 19.9 Å². The molecule has 1 aliphatic heterocycles. The van der Waals surface area contributed by atoms with E-state index < -0.39 is 66.6 Å². The van der Waals surface area contributed by atoms with Crippen molar-refractivity contribution in [2.75, 3.05) is 12.3 Å². The number of aromatic nitrogens is 3. The van der Waals surface area contributed by atoms with Crippen LogP contribution in [0.3, 0.4) is 0 Å². The van der Waals surface area contributed by atoms with Crippen LogP contribution in [0.25, 0.3) is 5.52 Å². The Morgan fingerprint density at radius 1 is 0.957 bits per heavy atom. The van der Waals surface area contributed by atoms with E-state index in [9.17, 15) is 41.0 Å². The Hall–Kier alpha value is -3.14. The van der Waals surface area contributed by atoms with Crippen LogP contribution in [0, 0.1) is 23.7 Å². The van der Waals surface area contributed by atoms with E-state index in [-0.39, 0.29) is 81.9 Å². The quantitative estimate of drug-likeness (QED) is 0.286. The molecule has 0 unspecified atom stereocenters. The fourth-order valence-electron chi connectivity index (χ4n) is 7.07. The number of carbonyl (C=O) groups excluding carboxylic acids is 2. The summed E-state index contributed by atoms with van der Waals surface area (Å²) in [5, 5.41) is 15.7. The van der Waals surface area contributed by atoms with E-state index in [1.54, 1.807) is 12.1 Å². The summed E-state index contributed by atoms with van der Waals surface area (Å²) in [6.07, 6.45) is -11.0. The molecule has 3 fully saturated rings. The second kappa shape index (κ2) is 13.2. The molecular formula is C30H38F6N4O6. The molecule has 0 amide bonds. The predicted molar refractivity (Wildman–Crippen MR) is 149 cm³/mol. The lowest BCUT2D eigenvalue weighted by molar-refractivity contribution is -0.185. The number of nitrogens with zero attached hydrogens (tertiary/aromatic N) is 3.